The van der Waals surface area contributed by atoms with Crippen molar-refractivity contribution in [1.82, 2.24) is 5.32 Å². The van der Waals surface area contributed by atoms with E-state index >= 15 is 0 Å². The minimum atomic E-state index is -0.714. The maximum atomic E-state index is 13.5. The van der Waals surface area contributed by atoms with Crippen molar-refractivity contribution < 1.29 is 13.9 Å². The number of nitrogens with zero attached hydrogens (tertiary/aromatic N) is 1. The first kappa shape index (κ1) is 14.6. The summed E-state index contributed by atoms with van der Waals surface area (Å²) in [5.74, 6) is -1.19. The van der Waals surface area contributed by atoms with E-state index in [1.54, 1.807) is 6.07 Å². The van der Waals surface area contributed by atoms with E-state index in [0.29, 0.717) is 13.0 Å². The molecule has 3 nitrogen and oxygen atoms in total. The van der Waals surface area contributed by atoms with E-state index in [1.165, 1.54) is 0 Å². The molecule has 0 heterocycles. The van der Waals surface area contributed by atoms with E-state index < -0.39 is 11.6 Å². The molecule has 0 amide bonds. The number of aliphatic hydroxyl groups is 1. The predicted octanol–water partition coefficient (Wildman–Crippen LogP) is 1.94. The molecular formula is C13H16F2N2O. The molecule has 1 aromatic carbocycles. The molecule has 0 fully saturated rings. The standard InChI is InChI=1S/C13H16F2N2O/c1-9(2-3-18)7-17-8-11-12(14)4-10(6-16)5-13(11)15/h4-5,9,17-18H,2-3,7-8H2,1H3. The summed E-state index contributed by atoms with van der Waals surface area (Å²) in [6, 6.07) is 3.75. The van der Waals surface area contributed by atoms with Gasteiger partial charge in [-0.1, -0.05) is 6.92 Å². The van der Waals surface area contributed by atoms with Crippen molar-refractivity contribution in [1.29, 1.82) is 5.26 Å². The molecule has 0 spiro atoms. The van der Waals surface area contributed by atoms with Crippen molar-refractivity contribution in [2.24, 2.45) is 5.92 Å². The van der Waals surface area contributed by atoms with Gasteiger partial charge in [0.1, 0.15) is 11.6 Å². The van der Waals surface area contributed by atoms with Gasteiger partial charge in [0.05, 0.1) is 11.6 Å². The lowest BCUT2D eigenvalue weighted by Crippen LogP contribution is -2.22. The molecule has 5 heteroatoms. The van der Waals surface area contributed by atoms with Crippen LogP contribution in [-0.4, -0.2) is 18.3 Å². The first-order chi connectivity index (χ1) is 8.58. The Morgan fingerprint density at radius 1 is 1.39 bits per heavy atom. The topological polar surface area (TPSA) is 56.0 Å². The monoisotopic (exact) mass is 254 g/mol. The van der Waals surface area contributed by atoms with Crippen LogP contribution in [0.3, 0.4) is 0 Å². The Bertz CT molecular complexity index is 420. The molecule has 1 atom stereocenters. The van der Waals surface area contributed by atoms with Gasteiger partial charge in [0.15, 0.2) is 0 Å². The van der Waals surface area contributed by atoms with E-state index in [9.17, 15) is 8.78 Å². The number of halogens is 2. The lowest BCUT2D eigenvalue weighted by Gasteiger charge is -2.12. The van der Waals surface area contributed by atoms with Crippen LogP contribution in [0.2, 0.25) is 0 Å². The Hall–Kier alpha value is -1.51. The second-order valence-corrected chi connectivity index (χ2v) is 4.28. The van der Waals surface area contributed by atoms with Crippen LogP contribution >= 0.6 is 0 Å². The molecule has 0 saturated heterocycles. The zero-order chi connectivity index (χ0) is 13.5. The Labute approximate surface area is 105 Å². The van der Waals surface area contributed by atoms with Crippen LogP contribution in [0.25, 0.3) is 0 Å². The number of benzene rings is 1. The van der Waals surface area contributed by atoms with Gasteiger partial charge in [-0.05, 0) is 31.0 Å². The second kappa shape index (κ2) is 7.04. The fourth-order valence-electron chi connectivity index (χ4n) is 1.60. The van der Waals surface area contributed by atoms with Gasteiger partial charge in [0.25, 0.3) is 0 Å². The van der Waals surface area contributed by atoms with Crippen LogP contribution in [0, 0.1) is 28.9 Å². The van der Waals surface area contributed by atoms with Crippen molar-refractivity contribution in [2.45, 2.75) is 19.9 Å². The largest absolute Gasteiger partial charge is 0.396 e. The number of nitriles is 1. The SMILES string of the molecule is CC(CCO)CNCc1c(F)cc(C#N)cc1F. The Kier molecular flexibility index (Phi) is 5.69. The van der Waals surface area contributed by atoms with Crippen molar-refractivity contribution in [3.05, 3.63) is 34.9 Å². The lowest BCUT2D eigenvalue weighted by atomic mass is 10.1. The fraction of sp³-hybridized carbons (Fsp3) is 0.462. The molecule has 0 radical (unpaired) electrons. The third-order valence-corrected chi connectivity index (χ3v) is 2.69. The highest BCUT2D eigenvalue weighted by molar-refractivity contribution is 5.34. The quantitative estimate of drug-likeness (QED) is 0.815. The minimum Gasteiger partial charge on any atom is -0.396 e. The van der Waals surface area contributed by atoms with Crippen molar-refractivity contribution in [3.63, 3.8) is 0 Å². The maximum Gasteiger partial charge on any atom is 0.131 e. The number of aliphatic hydroxyl groups excluding tert-OH is 1. The molecule has 1 rings (SSSR count). The summed E-state index contributed by atoms with van der Waals surface area (Å²) < 4.78 is 27.0. The highest BCUT2D eigenvalue weighted by atomic mass is 19.1. The molecule has 0 aliphatic heterocycles. The molecular weight excluding hydrogens is 238 g/mol. The molecule has 2 N–H and O–H groups in total. The van der Waals surface area contributed by atoms with E-state index in [1.807, 2.05) is 6.92 Å². The van der Waals surface area contributed by atoms with E-state index in [-0.39, 0.29) is 30.2 Å². The van der Waals surface area contributed by atoms with Gasteiger partial charge in [-0.2, -0.15) is 5.26 Å². The van der Waals surface area contributed by atoms with Crippen LogP contribution in [0.15, 0.2) is 12.1 Å². The van der Waals surface area contributed by atoms with Gasteiger partial charge >= 0.3 is 0 Å². The summed E-state index contributed by atoms with van der Waals surface area (Å²) in [4.78, 5) is 0. The van der Waals surface area contributed by atoms with Crippen LogP contribution in [0.5, 0.6) is 0 Å². The van der Waals surface area contributed by atoms with Crippen molar-refractivity contribution in [3.8, 4) is 6.07 Å². The van der Waals surface area contributed by atoms with Gasteiger partial charge in [0, 0.05) is 18.7 Å². The Balaban J connectivity index is 2.60. The van der Waals surface area contributed by atoms with Gasteiger partial charge in [-0.15, -0.1) is 0 Å². The van der Waals surface area contributed by atoms with E-state index in [4.69, 9.17) is 10.4 Å². The molecule has 98 valence electrons. The third-order valence-electron chi connectivity index (χ3n) is 2.69. The van der Waals surface area contributed by atoms with Gasteiger partial charge in [-0.3, -0.25) is 0 Å². The first-order valence-corrected chi connectivity index (χ1v) is 5.78. The zero-order valence-corrected chi connectivity index (χ0v) is 10.2. The summed E-state index contributed by atoms with van der Waals surface area (Å²) >= 11 is 0. The summed E-state index contributed by atoms with van der Waals surface area (Å²) in [5.41, 5.74) is -0.0902. The molecule has 0 aliphatic rings. The first-order valence-electron chi connectivity index (χ1n) is 5.78. The van der Waals surface area contributed by atoms with Crippen molar-refractivity contribution in [2.75, 3.05) is 13.2 Å². The van der Waals surface area contributed by atoms with Crippen LogP contribution < -0.4 is 5.32 Å². The molecule has 1 unspecified atom stereocenters. The zero-order valence-electron chi connectivity index (χ0n) is 10.2. The van der Waals surface area contributed by atoms with Gasteiger partial charge < -0.3 is 10.4 Å². The molecule has 0 aromatic heterocycles. The maximum absolute atomic E-state index is 13.5. The van der Waals surface area contributed by atoms with E-state index in [2.05, 4.69) is 5.32 Å². The van der Waals surface area contributed by atoms with Crippen molar-refractivity contribution >= 4 is 0 Å². The highest BCUT2D eigenvalue weighted by Crippen LogP contribution is 2.15. The summed E-state index contributed by atoms with van der Waals surface area (Å²) in [6.07, 6.45) is 0.644. The lowest BCUT2D eigenvalue weighted by molar-refractivity contribution is 0.260. The van der Waals surface area contributed by atoms with Gasteiger partial charge in [0.2, 0.25) is 0 Å². The normalized spacial score (nSPS) is 12.2. The summed E-state index contributed by atoms with van der Waals surface area (Å²) in [6.45, 7) is 2.68. The van der Waals surface area contributed by atoms with Crippen LogP contribution in [-0.2, 0) is 6.54 Å². The second-order valence-electron chi connectivity index (χ2n) is 4.28. The number of hydrogen-bond acceptors (Lipinski definition) is 3. The molecule has 0 saturated carbocycles. The number of nitrogens with one attached hydrogen (secondary N) is 1. The van der Waals surface area contributed by atoms with E-state index in [0.717, 1.165) is 12.1 Å². The van der Waals surface area contributed by atoms with Gasteiger partial charge in [-0.25, -0.2) is 8.78 Å². The smallest absolute Gasteiger partial charge is 0.131 e. The number of rotatable bonds is 6. The minimum absolute atomic E-state index is 0.0256. The fourth-order valence-corrected chi connectivity index (χ4v) is 1.60. The summed E-state index contributed by atoms with van der Waals surface area (Å²) in [5, 5.41) is 20.2. The molecule has 1 aromatic rings. The highest BCUT2D eigenvalue weighted by Gasteiger charge is 2.11. The Morgan fingerprint density at radius 3 is 2.50 bits per heavy atom. The number of hydrogen-bond donors (Lipinski definition) is 2. The third kappa shape index (κ3) is 4.06. The predicted molar refractivity (Wildman–Crippen MR) is 63.6 cm³/mol. The average molecular weight is 254 g/mol. The molecule has 0 bridgehead atoms. The summed E-state index contributed by atoms with van der Waals surface area (Å²) in [7, 11) is 0. The molecule has 0 aliphatic carbocycles. The molecule has 18 heavy (non-hydrogen) atoms. The Morgan fingerprint density at radius 2 is 2.00 bits per heavy atom. The average Bonchev–Trinajstić information content (AvgIpc) is 2.32. The van der Waals surface area contributed by atoms with Crippen LogP contribution in [0.4, 0.5) is 8.78 Å². The van der Waals surface area contributed by atoms with Crippen LogP contribution in [0.1, 0.15) is 24.5 Å².